The zero-order chi connectivity index (χ0) is 15.8. The van der Waals surface area contributed by atoms with Crippen LogP contribution in [0.1, 0.15) is 22.8 Å². The third kappa shape index (κ3) is 3.83. The number of carbonyl (C=O) groups is 1. The number of hydrogen-bond acceptors (Lipinski definition) is 5. The van der Waals surface area contributed by atoms with Crippen LogP contribution in [0.2, 0.25) is 0 Å². The molecule has 0 aromatic heterocycles. The van der Waals surface area contributed by atoms with Gasteiger partial charge in [-0.05, 0) is 37.6 Å². The number of allylic oxidation sites excluding steroid dienone is 2. The molecule has 0 saturated heterocycles. The van der Waals surface area contributed by atoms with Crippen molar-refractivity contribution >= 4 is 11.6 Å². The van der Waals surface area contributed by atoms with Crippen molar-refractivity contribution in [1.82, 2.24) is 5.32 Å². The van der Waals surface area contributed by atoms with E-state index in [-0.39, 0.29) is 17.2 Å². The number of rotatable bonds is 4. The van der Waals surface area contributed by atoms with E-state index in [0.717, 1.165) is 5.56 Å². The van der Waals surface area contributed by atoms with E-state index in [2.05, 4.69) is 10.6 Å². The van der Waals surface area contributed by atoms with E-state index in [0.29, 0.717) is 17.8 Å². The van der Waals surface area contributed by atoms with Gasteiger partial charge in [0.1, 0.15) is 23.9 Å². The Morgan fingerprint density at radius 3 is 2.33 bits per heavy atom. The molecule has 0 atom stereocenters. The van der Waals surface area contributed by atoms with Crippen LogP contribution in [-0.2, 0) is 0 Å². The molecule has 0 fully saturated rings. The Morgan fingerprint density at radius 1 is 1.19 bits per heavy atom. The van der Waals surface area contributed by atoms with Crippen molar-refractivity contribution in [3.8, 4) is 18.2 Å². The van der Waals surface area contributed by atoms with Crippen LogP contribution in [0, 0.1) is 40.9 Å². The quantitative estimate of drug-likeness (QED) is 0.818. The highest BCUT2D eigenvalue weighted by Gasteiger charge is 2.10. The predicted octanol–water partition coefficient (Wildman–Crippen LogP) is 1.98. The van der Waals surface area contributed by atoms with E-state index >= 15 is 0 Å². The first kappa shape index (κ1) is 15.8. The Balaban J connectivity index is 3.11. The van der Waals surface area contributed by atoms with Gasteiger partial charge in [0, 0.05) is 17.8 Å². The van der Waals surface area contributed by atoms with Crippen LogP contribution in [0.15, 0.2) is 29.5 Å². The molecule has 0 saturated carbocycles. The molecule has 0 aliphatic carbocycles. The first-order chi connectivity index (χ1) is 10.1. The molecular weight excluding hydrogens is 266 g/mol. The maximum Gasteiger partial charge on any atom is 0.251 e. The van der Waals surface area contributed by atoms with Crippen molar-refractivity contribution in [2.24, 2.45) is 0 Å². The molecule has 1 amide bonds. The summed E-state index contributed by atoms with van der Waals surface area (Å²) >= 11 is 0. The molecule has 0 aliphatic rings. The number of benzene rings is 1. The summed E-state index contributed by atoms with van der Waals surface area (Å²) in [6.07, 6.45) is 0. The molecule has 21 heavy (non-hydrogen) atoms. The first-order valence-electron chi connectivity index (χ1n) is 6.17. The molecule has 6 nitrogen and oxygen atoms in total. The molecule has 0 spiro atoms. The Bertz CT molecular complexity index is 697. The Labute approximate surface area is 122 Å². The maximum absolute atomic E-state index is 11.7. The minimum absolute atomic E-state index is 0.117. The van der Waals surface area contributed by atoms with Crippen molar-refractivity contribution < 1.29 is 4.79 Å². The van der Waals surface area contributed by atoms with Gasteiger partial charge in [-0.1, -0.05) is 0 Å². The summed E-state index contributed by atoms with van der Waals surface area (Å²) in [6.45, 7) is 4.13. The normalized spacial score (nSPS) is 8.71. The third-order valence-corrected chi connectivity index (χ3v) is 2.67. The number of amides is 1. The zero-order valence-corrected chi connectivity index (χ0v) is 11.7. The fourth-order valence-corrected chi connectivity index (χ4v) is 1.63. The van der Waals surface area contributed by atoms with Crippen LogP contribution in [0.5, 0.6) is 0 Å². The summed E-state index contributed by atoms with van der Waals surface area (Å²) < 4.78 is 0. The fraction of sp³-hybridized carbons (Fsp3) is 0.200. The Kier molecular flexibility index (Phi) is 5.50. The molecule has 104 valence electrons. The molecule has 0 aliphatic heterocycles. The molecule has 2 N–H and O–H groups in total. The van der Waals surface area contributed by atoms with Crippen molar-refractivity contribution in [3.63, 3.8) is 0 Å². The van der Waals surface area contributed by atoms with Gasteiger partial charge in [-0.15, -0.1) is 0 Å². The van der Waals surface area contributed by atoms with Gasteiger partial charge in [0.2, 0.25) is 0 Å². The van der Waals surface area contributed by atoms with Crippen LogP contribution >= 0.6 is 0 Å². The molecule has 0 heterocycles. The van der Waals surface area contributed by atoms with E-state index in [1.54, 1.807) is 43.3 Å². The number of nitrogens with zero attached hydrogens (tertiary/aromatic N) is 3. The van der Waals surface area contributed by atoms with Gasteiger partial charge in [0.25, 0.3) is 5.91 Å². The maximum atomic E-state index is 11.7. The van der Waals surface area contributed by atoms with Gasteiger partial charge < -0.3 is 10.6 Å². The van der Waals surface area contributed by atoms with Gasteiger partial charge >= 0.3 is 0 Å². The van der Waals surface area contributed by atoms with Gasteiger partial charge in [-0.2, -0.15) is 15.8 Å². The minimum Gasteiger partial charge on any atom is -0.352 e. The molecule has 0 bridgehead atoms. The summed E-state index contributed by atoms with van der Waals surface area (Å²) in [5.74, 6) is -0.182. The van der Waals surface area contributed by atoms with E-state index < -0.39 is 0 Å². The smallest absolute Gasteiger partial charge is 0.251 e. The molecular formula is C15H13N5O. The van der Waals surface area contributed by atoms with E-state index in [1.807, 2.05) is 6.92 Å². The van der Waals surface area contributed by atoms with E-state index in [4.69, 9.17) is 15.8 Å². The van der Waals surface area contributed by atoms with Gasteiger partial charge in [0.05, 0.1) is 0 Å². The third-order valence-electron chi connectivity index (χ3n) is 2.67. The fourth-order valence-electron chi connectivity index (χ4n) is 1.63. The summed E-state index contributed by atoms with van der Waals surface area (Å²) in [4.78, 5) is 11.7. The second kappa shape index (κ2) is 7.33. The molecule has 1 aromatic rings. The highest BCUT2D eigenvalue weighted by Crippen LogP contribution is 2.19. The highest BCUT2D eigenvalue weighted by molar-refractivity contribution is 5.94. The lowest BCUT2D eigenvalue weighted by Gasteiger charge is -2.10. The molecule has 6 heteroatoms. The molecule has 1 rings (SSSR count). The second-order valence-corrected chi connectivity index (χ2v) is 4.10. The lowest BCUT2D eigenvalue weighted by molar-refractivity contribution is 0.0956. The van der Waals surface area contributed by atoms with Gasteiger partial charge in [-0.3, -0.25) is 4.79 Å². The largest absolute Gasteiger partial charge is 0.352 e. The summed E-state index contributed by atoms with van der Waals surface area (Å²) in [5, 5.41) is 32.0. The zero-order valence-electron chi connectivity index (χ0n) is 11.7. The second-order valence-electron chi connectivity index (χ2n) is 4.10. The van der Waals surface area contributed by atoms with Crippen molar-refractivity contribution in [2.45, 2.75) is 13.8 Å². The average Bonchev–Trinajstić information content (AvgIpc) is 2.49. The topological polar surface area (TPSA) is 112 Å². The van der Waals surface area contributed by atoms with Crippen LogP contribution in [0.3, 0.4) is 0 Å². The van der Waals surface area contributed by atoms with Crippen LogP contribution in [0.25, 0.3) is 0 Å². The number of carbonyl (C=O) groups excluding carboxylic acids is 1. The van der Waals surface area contributed by atoms with Crippen molar-refractivity contribution in [2.75, 3.05) is 11.9 Å². The standard InChI is InChI=1S/C15H13N5O/c1-3-19-15(21)11-4-5-13(10(2)6-11)20-14(9-18)12(7-16)8-17/h4-6,20H,3H2,1-2H3,(H,19,21). The summed E-state index contributed by atoms with van der Waals surface area (Å²) in [5.41, 5.74) is 1.38. The lowest BCUT2D eigenvalue weighted by atomic mass is 10.1. The van der Waals surface area contributed by atoms with Crippen LogP contribution < -0.4 is 10.6 Å². The minimum atomic E-state index is -0.287. The van der Waals surface area contributed by atoms with E-state index in [9.17, 15) is 4.79 Å². The number of aryl methyl sites for hydroxylation is 1. The number of anilines is 1. The van der Waals surface area contributed by atoms with Crippen molar-refractivity contribution in [1.29, 1.82) is 15.8 Å². The number of hydrogen-bond donors (Lipinski definition) is 2. The van der Waals surface area contributed by atoms with Crippen molar-refractivity contribution in [3.05, 3.63) is 40.6 Å². The number of nitrogens with one attached hydrogen (secondary N) is 2. The summed E-state index contributed by atoms with van der Waals surface area (Å²) in [6, 6.07) is 10.00. The average molecular weight is 279 g/mol. The van der Waals surface area contributed by atoms with Gasteiger partial charge in [0.15, 0.2) is 5.57 Å². The highest BCUT2D eigenvalue weighted by atomic mass is 16.1. The SMILES string of the molecule is CCNC(=O)c1ccc(NC(C#N)=C(C#N)C#N)c(C)c1. The number of nitriles is 3. The first-order valence-corrected chi connectivity index (χ1v) is 6.17. The van der Waals surface area contributed by atoms with Crippen LogP contribution in [0.4, 0.5) is 5.69 Å². The Hall–Kier alpha value is -3.30. The van der Waals surface area contributed by atoms with Gasteiger partial charge in [-0.25, -0.2) is 0 Å². The van der Waals surface area contributed by atoms with E-state index in [1.165, 1.54) is 0 Å². The monoisotopic (exact) mass is 279 g/mol. The summed E-state index contributed by atoms with van der Waals surface area (Å²) in [7, 11) is 0. The van der Waals surface area contributed by atoms with Crippen LogP contribution in [-0.4, -0.2) is 12.5 Å². The Morgan fingerprint density at radius 2 is 1.86 bits per heavy atom. The molecule has 0 unspecified atom stereocenters. The lowest BCUT2D eigenvalue weighted by Crippen LogP contribution is -2.22. The molecule has 1 aromatic carbocycles. The molecule has 0 radical (unpaired) electrons. The predicted molar refractivity (Wildman–Crippen MR) is 76.7 cm³/mol.